The molecule has 0 aromatic rings. The van der Waals surface area contributed by atoms with Crippen molar-refractivity contribution in [1.29, 1.82) is 0 Å². The molecule has 0 aromatic heterocycles. The van der Waals surface area contributed by atoms with Crippen molar-refractivity contribution in [2.24, 2.45) is 5.73 Å². The number of aliphatic hydroxyl groups is 1. The number of primary amides is 1. The number of ether oxygens (including phenoxy) is 2. The maximum absolute atomic E-state index is 13.3. The van der Waals surface area contributed by atoms with Gasteiger partial charge in [-0.2, -0.15) is 0 Å². The zero-order valence-electron chi connectivity index (χ0n) is 19.3. The van der Waals surface area contributed by atoms with Crippen LogP contribution in [0.3, 0.4) is 0 Å². The third-order valence-corrected chi connectivity index (χ3v) is 5.00. The standard InChI is InChI=1S/C20H34N4O7/c1-12(25)13(14(21)26)23-11-20(15(23)27)10-22(16(28)30-18(2,3)4)8-9-24(20)17(29)31-19(5,6)7/h12-13,25H,8-11H2,1-7H3,(H2,21,26)/t12-,13+,20?/m1/s1. The van der Waals surface area contributed by atoms with Crippen LogP contribution in [-0.4, -0.2) is 98.9 Å². The van der Waals surface area contributed by atoms with Gasteiger partial charge in [0.1, 0.15) is 17.2 Å². The summed E-state index contributed by atoms with van der Waals surface area (Å²) in [5.74, 6) is -1.45. The Hall–Kier alpha value is -2.56. The Bertz CT molecular complexity index is 756. The number of carbonyl (C=O) groups is 4. The summed E-state index contributed by atoms with van der Waals surface area (Å²) in [6.07, 6.45) is -2.50. The van der Waals surface area contributed by atoms with Crippen LogP contribution >= 0.6 is 0 Å². The van der Waals surface area contributed by atoms with Crippen molar-refractivity contribution in [2.75, 3.05) is 26.2 Å². The first-order valence-corrected chi connectivity index (χ1v) is 10.3. The first-order chi connectivity index (χ1) is 14.0. The minimum absolute atomic E-state index is 0.0453. The van der Waals surface area contributed by atoms with Gasteiger partial charge in [-0.3, -0.25) is 14.5 Å². The monoisotopic (exact) mass is 442 g/mol. The second kappa shape index (κ2) is 8.18. The second-order valence-corrected chi connectivity index (χ2v) is 10.1. The van der Waals surface area contributed by atoms with Gasteiger partial charge in [0, 0.05) is 13.1 Å². The van der Waals surface area contributed by atoms with Crippen molar-refractivity contribution in [3.8, 4) is 0 Å². The minimum Gasteiger partial charge on any atom is -0.444 e. The van der Waals surface area contributed by atoms with Gasteiger partial charge >= 0.3 is 12.2 Å². The first kappa shape index (κ1) is 24.7. The van der Waals surface area contributed by atoms with E-state index in [1.54, 1.807) is 41.5 Å². The van der Waals surface area contributed by atoms with E-state index in [1.807, 2.05) is 0 Å². The number of hydrogen-bond donors (Lipinski definition) is 2. The molecule has 0 aromatic carbocycles. The highest BCUT2D eigenvalue weighted by atomic mass is 16.6. The van der Waals surface area contributed by atoms with E-state index in [9.17, 15) is 24.3 Å². The summed E-state index contributed by atoms with van der Waals surface area (Å²) < 4.78 is 10.9. The van der Waals surface area contributed by atoms with E-state index in [0.29, 0.717) is 0 Å². The molecule has 3 N–H and O–H groups in total. The van der Waals surface area contributed by atoms with Crippen LogP contribution in [0.1, 0.15) is 48.5 Å². The Kier molecular flexibility index (Phi) is 6.52. The van der Waals surface area contributed by atoms with E-state index < -0.39 is 52.9 Å². The van der Waals surface area contributed by atoms with Crippen LogP contribution in [0.2, 0.25) is 0 Å². The molecule has 2 heterocycles. The normalized spacial score (nSPS) is 23.9. The highest BCUT2D eigenvalue weighted by Crippen LogP contribution is 2.36. The summed E-state index contributed by atoms with van der Waals surface area (Å²) in [7, 11) is 0. The third kappa shape index (κ3) is 5.20. The highest BCUT2D eigenvalue weighted by Gasteiger charge is 2.63. The van der Waals surface area contributed by atoms with Crippen molar-refractivity contribution < 1.29 is 33.8 Å². The van der Waals surface area contributed by atoms with E-state index >= 15 is 0 Å². The van der Waals surface area contributed by atoms with Gasteiger partial charge in [-0.05, 0) is 48.5 Å². The van der Waals surface area contributed by atoms with Crippen molar-refractivity contribution >= 4 is 24.0 Å². The number of nitrogens with zero attached hydrogens (tertiary/aromatic N) is 3. The predicted molar refractivity (Wildman–Crippen MR) is 110 cm³/mol. The number of hydrogen-bond acceptors (Lipinski definition) is 7. The Balaban J connectivity index is 2.34. The predicted octanol–water partition coefficient (Wildman–Crippen LogP) is 0.290. The van der Waals surface area contributed by atoms with Gasteiger partial charge in [-0.25, -0.2) is 9.59 Å². The van der Waals surface area contributed by atoms with Gasteiger partial charge in [0.2, 0.25) is 5.91 Å². The van der Waals surface area contributed by atoms with E-state index in [4.69, 9.17) is 15.2 Å². The van der Waals surface area contributed by atoms with Crippen LogP contribution in [0.4, 0.5) is 9.59 Å². The Morgan fingerprint density at radius 2 is 1.52 bits per heavy atom. The third-order valence-electron chi connectivity index (χ3n) is 5.00. The number of nitrogens with two attached hydrogens (primary N) is 1. The van der Waals surface area contributed by atoms with Gasteiger partial charge in [-0.15, -0.1) is 0 Å². The Labute approximate surface area is 182 Å². The number of amides is 4. The molecule has 31 heavy (non-hydrogen) atoms. The number of aliphatic hydroxyl groups excluding tert-OH is 1. The molecule has 0 aliphatic carbocycles. The molecule has 176 valence electrons. The smallest absolute Gasteiger partial charge is 0.411 e. The largest absolute Gasteiger partial charge is 0.444 e. The lowest BCUT2D eigenvalue weighted by Gasteiger charge is -2.59. The Morgan fingerprint density at radius 1 is 1.00 bits per heavy atom. The number of likely N-dealkylation sites (tertiary alicyclic amines) is 1. The van der Waals surface area contributed by atoms with Crippen LogP contribution in [-0.2, 0) is 19.1 Å². The van der Waals surface area contributed by atoms with Gasteiger partial charge in [0.15, 0.2) is 5.54 Å². The average Bonchev–Trinajstić information content (AvgIpc) is 2.57. The molecule has 3 atom stereocenters. The van der Waals surface area contributed by atoms with Crippen LogP contribution in [0.5, 0.6) is 0 Å². The molecule has 4 amide bonds. The fourth-order valence-electron chi connectivity index (χ4n) is 3.77. The van der Waals surface area contributed by atoms with Gasteiger partial charge in [0.25, 0.3) is 5.91 Å². The van der Waals surface area contributed by atoms with Crippen LogP contribution in [0.15, 0.2) is 0 Å². The molecule has 0 radical (unpaired) electrons. The van der Waals surface area contributed by atoms with Gasteiger partial charge < -0.3 is 30.1 Å². The number of carbonyl (C=O) groups excluding carboxylic acids is 4. The SMILES string of the molecule is C[C@@H](O)[C@@H](C(N)=O)N1CC2(CN(C(=O)OC(C)(C)C)CCN2C(=O)OC(C)(C)C)C1=O. The molecule has 1 unspecified atom stereocenters. The molecule has 1 spiro atoms. The summed E-state index contributed by atoms with van der Waals surface area (Å²) in [6.45, 7) is 11.7. The molecule has 11 nitrogen and oxygen atoms in total. The van der Waals surface area contributed by atoms with E-state index in [1.165, 1.54) is 16.7 Å². The van der Waals surface area contributed by atoms with Crippen LogP contribution in [0, 0.1) is 0 Å². The van der Waals surface area contributed by atoms with E-state index in [-0.39, 0.29) is 26.2 Å². The topological polar surface area (TPSA) is 143 Å². The first-order valence-electron chi connectivity index (χ1n) is 10.3. The minimum atomic E-state index is -1.43. The molecule has 2 aliphatic heterocycles. The number of piperazine rings is 1. The maximum Gasteiger partial charge on any atom is 0.411 e. The van der Waals surface area contributed by atoms with Gasteiger partial charge in [0.05, 0.1) is 19.2 Å². The van der Waals surface area contributed by atoms with E-state index in [0.717, 1.165) is 4.90 Å². The molecular formula is C20H34N4O7. The summed E-state index contributed by atoms with van der Waals surface area (Å²) in [5.41, 5.74) is 2.42. The fraction of sp³-hybridized carbons (Fsp3) is 0.800. The molecule has 2 aliphatic rings. The highest BCUT2D eigenvalue weighted by molar-refractivity contribution is 6.00. The van der Waals surface area contributed by atoms with Crippen LogP contribution < -0.4 is 5.73 Å². The maximum atomic E-state index is 13.3. The molecule has 0 saturated carbocycles. The van der Waals surface area contributed by atoms with Crippen molar-refractivity contribution in [1.82, 2.24) is 14.7 Å². The second-order valence-electron chi connectivity index (χ2n) is 10.1. The zero-order valence-corrected chi connectivity index (χ0v) is 19.3. The molecule has 11 heteroatoms. The lowest BCUT2D eigenvalue weighted by Crippen LogP contribution is -2.83. The molecular weight excluding hydrogens is 408 g/mol. The number of β-lactam (4-membered cyclic amide) rings is 1. The lowest BCUT2D eigenvalue weighted by molar-refractivity contribution is -0.180. The van der Waals surface area contributed by atoms with Crippen molar-refractivity contribution in [3.05, 3.63) is 0 Å². The molecule has 2 rings (SSSR count). The van der Waals surface area contributed by atoms with Gasteiger partial charge in [-0.1, -0.05) is 0 Å². The zero-order chi connectivity index (χ0) is 23.9. The molecule has 2 fully saturated rings. The van der Waals surface area contributed by atoms with E-state index in [2.05, 4.69) is 0 Å². The molecule has 2 saturated heterocycles. The fourth-order valence-corrected chi connectivity index (χ4v) is 3.77. The lowest BCUT2D eigenvalue weighted by atomic mass is 9.82. The quantitative estimate of drug-likeness (QED) is 0.598. The summed E-state index contributed by atoms with van der Waals surface area (Å²) in [6, 6.07) is -1.24. The molecule has 0 bridgehead atoms. The van der Waals surface area contributed by atoms with Crippen molar-refractivity contribution in [3.63, 3.8) is 0 Å². The van der Waals surface area contributed by atoms with Crippen LogP contribution in [0.25, 0.3) is 0 Å². The Morgan fingerprint density at radius 3 is 1.94 bits per heavy atom. The summed E-state index contributed by atoms with van der Waals surface area (Å²) in [5, 5.41) is 9.93. The summed E-state index contributed by atoms with van der Waals surface area (Å²) >= 11 is 0. The van der Waals surface area contributed by atoms with Crippen molar-refractivity contribution in [2.45, 2.75) is 77.4 Å². The summed E-state index contributed by atoms with van der Waals surface area (Å²) in [4.78, 5) is 54.4. The average molecular weight is 443 g/mol. The number of rotatable bonds is 3.